The Hall–Kier alpha value is -2.60. The van der Waals surface area contributed by atoms with E-state index in [1.807, 2.05) is 35.9 Å². The third kappa shape index (κ3) is 4.81. The fraction of sp³-hybridized carbons (Fsp3) is 0.318. The molecule has 1 aromatic heterocycles. The van der Waals surface area contributed by atoms with Crippen molar-refractivity contribution < 1.29 is 4.79 Å². The van der Waals surface area contributed by atoms with Crippen molar-refractivity contribution in [1.29, 1.82) is 0 Å². The normalized spacial score (nSPS) is 12.0. The molecule has 28 heavy (non-hydrogen) atoms. The Morgan fingerprint density at radius 3 is 2.61 bits per heavy atom. The molecule has 0 bridgehead atoms. The number of nitrogens with one attached hydrogen (secondary N) is 1. The molecule has 0 radical (unpaired) electrons. The first kappa shape index (κ1) is 20.1. The van der Waals surface area contributed by atoms with Crippen molar-refractivity contribution in [2.75, 3.05) is 11.1 Å². The van der Waals surface area contributed by atoms with Crippen LogP contribution in [0.2, 0.25) is 0 Å². The van der Waals surface area contributed by atoms with E-state index >= 15 is 0 Å². The van der Waals surface area contributed by atoms with Crippen LogP contribution in [0.3, 0.4) is 0 Å². The number of aromatic nitrogens is 3. The Balaban J connectivity index is 1.59. The molecular weight excluding hydrogens is 368 g/mol. The van der Waals surface area contributed by atoms with Crippen LogP contribution in [0.25, 0.3) is 11.4 Å². The van der Waals surface area contributed by atoms with Gasteiger partial charge in [-0.15, -0.1) is 10.2 Å². The number of nitrogens with zero attached hydrogens (tertiary/aromatic N) is 3. The van der Waals surface area contributed by atoms with Gasteiger partial charge in [-0.3, -0.25) is 4.79 Å². The summed E-state index contributed by atoms with van der Waals surface area (Å²) in [6.45, 7) is 6.43. The Bertz CT molecular complexity index is 949. The SMILES string of the molecule is CC[C@@H](C)c1ccc(NC(=O)CSc2nnc(-c3cccc(C)c3)n2C)cc1. The number of anilines is 1. The summed E-state index contributed by atoms with van der Waals surface area (Å²) in [6.07, 6.45) is 1.10. The van der Waals surface area contributed by atoms with Gasteiger partial charge in [0.25, 0.3) is 0 Å². The van der Waals surface area contributed by atoms with Gasteiger partial charge in [-0.2, -0.15) is 0 Å². The lowest BCUT2D eigenvalue weighted by molar-refractivity contribution is -0.113. The van der Waals surface area contributed by atoms with Crippen molar-refractivity contribution >= 4 is 23.4 Å². The van der Waals surface area contributed by atoms with Crippen LogP contribution >= 0.6 is 11.8 Å². The van der Waals surface area contributed by atoms with E-state index in [0.717, 1.165) is 28.7 Å². The number of thioether (sulfide) groups is 1. The van der Waals surface area contributed by atoms with E-state index < -0.39 is 0 Å². The lowest BCUT2D eigenvalue weighted by Gasteiger charge is -2.10. The molecule has 1 amide bonds. The molecule has 0 spiro atoms. The average molecular weight is 395 g/mol. The molecule has 0 aliphatic carbocycles. The molecule has 3 aromatic rings. The fourth-order valence-electron chi connectivity index (χ4n) is 2.93. The summed E-state index contributed by atoms with van der Waals surface area (Å²) in [6, 6.07) is 16.2. The summed E-state index contributed by atoms with van der Waals surface area (Å²) in [5, 5.41) is 12.2. The quantitative estimate of drug-likeness (QED) is 0.571. The van der Waals surface area contributed by atoms with Crippen molar-refractivity contribution in [2.45, 2.75) is 38.3 Å². The van der Waals surface area contributed by atoms with Gasteiger partial charge in [-0.05, 0) is 43.0 Å². The van der Waals surface area contributed by atoms with Crippen LogP contribution in [0.1, 0.15) is 37.3 Å². The Labute approximate surface area is 170 Å². The molecule has 0 saturated heterocycles. The molecule has 1 N–H and O–H groups in total. The molecule has 1 atom stereocenters. The first-order valence-electron chi connectivity index (χ1n) is 9.47. The zero-order valence-corrected chi connectivity index (χ0v) is 17.6. The lowest BCUT2D eigenvalue weighted by Crippen LogP contribution is -2.14. The highest BCUT2D eigenvalue weighted by molar-refractivity contribution is 7.99. The average Bonchev–Trinajstić information content (AvgIpc) is 3.07. The second-order valence-corrected chi connectivity index (χ2v) is 7.95. The van der Waals surface area contributed by atoms with Gasteiger partial charge >= 0.3 is 0 Å². The van der Waals surface area contributed by atoms with Gasteiger partial charge in [0, 0.05) is 18.3 Å². The number of carbonyl (C=O) groups is 1. The van der Waals surface area contributed by atoms with E-state index in [1.165, 1.54) is 22.9 Å². The van der Waals surface area contributed by atoms with E-state index in [1.54, 1.807) is 0 Å². The minimum absolute atomic E-state index is 0.0543. The third-order valence-electron chi connectivity index (χ3n) is 4.82. The number of hydrogen-bond donors (Lipinski definition) is 1. The molecule has 3 rings (SSSR count). The van der Waals surface area contributed by atoms with E-state index in [0.29, 0.717) is 5.92 Å². The smallest absolute Gasteiger partial charge is 0.234 e. The van der Waals surface area contributed by atoms with Crippen molar-refractivity contribution in [3.05, 3.63) is 59.7 Å². The molecule has 2 aromatic carbocycles. The number of benzene rings is 2. The van der Waals surface area contributed by atoms with Gasteiger partial charge < -0.3 is 9.88 Å². The predicted octanol–water partition coefficient (Wildman–Crippen LogP) is 5.03. The first-order chi connectivity index (χ1) is 13.5. The van der Waals surface area contributed by atoms with Gasteiger partial charge in [0.15, 0.2) is 11.0 Å². The number of carbonyl (C=O) groups excluding carboxylic acids is 1. The van der Waals surface area contributed by atoms with Crippen LogP contribution in [0.5, 0.6) is 0 Å². The number of aryl methyl sites for hydroxylation is 1. The largest absolute Gasteiger partial charge is 0.325 e. The summed E-state index contributed by atoms with van der Waals surface area (Å²) in [5.74, 6) is 1.56. The maximum absolute atomic E-state index is 12.3. The number of amides is 1. The maximum Gasteiger partial charge on any atom is 0.234 e. The maximum atomic E-state index is 12.3. The van der Waals surface area contributed by atoms with Crippen molar-refractivity contribution in [3.8, 4) is 11.4 Å². The van der Waals surface area contributed by atoms with E-state index in [2.05, 4.69) is 60.6 Å². The summed E-state index contributed by atoms with van der Waals surface area (Å²) >= 11 is 1.38. The molecule has 0 unspecified atom stereocenters. The molecule has 0 saturated carbocycles. The Morgan fingerprint density at radius 1 is 1.18 bits per heavy atom. The summed E-state index contributed by atoms with van der Waals surface area (Å²) in [5.41, 5.74) is 4.30. The Morgan fingerprint density at radius 2 is 1.93 bits per heavy atom. The van der Waals surface area contributed by atoms with Crippen LogP contribution < -0.4 is 5.32 Å². The van der Waals surface area contributed by atoms with Crippen molar-refractivity contribution in [3.63, 3.8) is 0 Å². The van der Waals surface area contributed by atoms with Gasteiger partial charge in [0.1, 0.15) is 0 Å². The number of rotatable bonds is 7. The van der Waals surface area contributed by atoms with Gasteiger partial charge in [0.2, 0.25) is 5.91 Å². The molecule has 1 heterocycles. The summed E-state index contributed by atoms with van der Waals surface area (Å²) in [7, 11) is 1.92. The number of hydrogen-bond acceptors (Lipinski definition) is 4. The van der Waals surface area contributed by atoms with Gasteiger partial charge in [-0.1, -0.05) is 61.5 Å². The molecule has 146 valence electrons. The second-order valence-electron chi connectivity index (χ2n) is 7.00. The van der Waals surface area contributed by atoms with E-state index in [4.69, 9.17) is 0 Å². The summed E-state index contributed by atoms with van der Waals surface area (Å²) in [4.78, 5) is 12.3. The monoisotopic (exact) mass is 394 g/mol. The topological polar surface area (TPSA) is 59.8 Å². The zero-order valence-electron chi connectivity index (χ0n) is 16.8. The fourth-order valence-corrected chi connectivity index (χ4v) is 3.65. The Kier molecular flexibility index (Phi) is 6.52. The minimum Gasteiger partial charge on any atom is -0.325 e. The summed E-state index contributed by atoms with van der Waals surface area (Å²) < 4.78 is 1.92. The van der Waals surface area contributed by atoms with Crippen LogP contribution in [-0.4, -0.2) is 26.4 Å². The third-order valence-corrected chi connectivity index (χ3v) is 5.84. The lowest BCUT2D eigenvalue weighted by atomic mass is 9.99. The van der Waals surface area contributed by atoms with Crippen molar-refractivity contribution in [2.24, 2.45) is 7.05 Å². The standard InChI is InChI=1S/C22H26N4OS/c1-5-16(3)17-9-11-19(12-10-17)23-20(27)14-28-22-25-24-21(26(22)4)18-8-6-7-15(2)13-18/h6-13,16H,5,14H2,1-4H3,(H,23,27)/t16-/m1/s1. The molecule has 5 nitrogen and oxygen atoms in total. The molecule has 0 aliphatic heterocycles. The van der Waals surface area contributed by atoms with Crippen LogP contribution in [0.4, 0.5) is 5.69 Å². The second kappa shape index (κ2) is 9.06. The first-order valence-corrected chi connectivity index (χ1v) is 10.5. The van der Waals surface area contributed by atoms with E-state index in [-0.39, 0.29) is 11.7 Å². The van der Waals surface area contributed by atoms with Gasteiger partial charge in [0.05, 0.1) is 5.75 Å². The van der Waals surface area contributed by atoms with Gasteiger partial charge in [-0.25, -0.2) is 0 Å². The van der Waals surface area contributed by atoms with Crippen molar-refractivity contribution in [1.82, 2.24) is 14.8 Å². The van der Waals surface area contributed by atoms with E-state index in [9.17, 15) is 4.79 Å². The minimum atomic E-state index is -0.0543. The molecule has 0 fully saturated rings. The zero-order chi connectivity index (χ0) is 20.1. The van der Waals surface area contributed by atoms with Crippen LogP contribution in [0.15, 0.2) is 53.7 Å². The highest BCUT2D eigenvalue weighted by Crippen LogP contribution is 2.24. The highest BCUT2D eigenvalue weighted by atomic mass is 32.2. The molecule has 6 heteroatoms. The molecule has 0 aliphatic rings. The molecular formula is C22H26N4OS. The van der Waals surface area contributed by atoms with Crippen LogP contribution in [0, 0.1) is 6.92 Å². The highest BCUT2D eigenvalue weighted by Gasteiger charge is 2.13. The predicted molar refractivity (Wildman–Crippen MR) is 116 cm³/mol. The van der Waals surface area contributed by atoms with Crippen LogP contribution in [-0.2, 0) is 11.8 Å².